The number of nitrogens with zero attached hydrogens (tertiary/aromatic N) is 5. The fraction of sp³-hybridized carbons (Fsp3) is 0.167. The van der Waals surface area contributed by atoms with Crippen LogP contribution in [0, 0.1) is 12.7 Å². The molecule has 0 spiro atoms. The van der Waals surface area contributed by atoms with Gasteiger partial charge in [-0.2, -0.15) is 4.98 Å². The molecule has 4 aromatic rings. The molecule has 1 N–H and O–H groups in total. The van der Waals surface area contributed by atoms with Crippen molar-refractivity contribution >= 4 is 23.3 Å². The van der Waals surface area contributed by atoms with Gasteiger partial charge in [0.15, 0.2) is 17.3 Å². The monoisotopic (exact) mass is 398 g/mol. The lowest BCUT2D eigenvalue weighted by molar-refractivity contribution is -0.118. The van der Waals surface area contributed by atoms with Crippen LogP contribution in [-0.4, -0.2) is 36.4 Å². The maximum absolute atomic E-state index is 12.9. The number of pyridine rings is 1. The zero-order chi connectivity index (χ0) is 19.5. The number of carbonyl (C=O) groups is 1. The van der Waals surface area contributed by atoms with Crippen LogP contribution in [0.3, 0.4) is 0 Å². The standard InChI is InChI=1S/C18H15FN6O2S/c1-11-21-18(27-24-11)12-6-7-25-15(8-12)22-23-16(25)9-20-17(26)10-28-14-4-2-13(19)3-5-14/h2-8H,9-10H2,1H3,(H,20,26). The first kappa shape index (κ1) is 18.1. The quantitative estimate of drug-likeness (QED) is 0.499. The molecule has 0 saturated heterocycles. The van der Waals surface area contributed by atoms with E-state index < -0.39 is 0 Å². The molecule has 28 heavy (non-hydrogen) atoms. The molecule has 0 aliphatic carbocycles. The van der Waals surface area contributed by atoms with E-state index in [1.807, 2.05) is 6.07 Å². The van der Waals surface area contributed by atoms with Crippen LogP contribution in [0.25, 0.3) is 17.1 Å². The van der Waals surface area contributed by atoms with Gasteiger partial charge in [0.2, 0.25) is 5.91 Å². The van der Waals surface area contributed by atoms with Crippen molar-refractivity contribution in [1.29, 1.82) is 0 Å². The number of aryl methyl sites for hydroxylation is 1. The second kappa shape index (κ2) is 7.77. The number of aromatic nitrogens is 5. The number of halogens is 1. The smallest absolute Gasteiger partial charge is 0.258 e. The molecule has 0 atom stereocenters. The number of amides is 1. The molecule has 8 nitrogen and oxygen atoms in total. The molecule has 10 heteroatoms. The van der Waals surface area contributed by atoms with Gasteiger partial charge in [0, 0.05) is 16.7 Å². The van der Waals surface area contributed by atoms with E-state index in [1.165, 1.54) is 23.9 Å². The summed E-state index contributed by atoms with van der Waals surface area (Å²) in [5.74, 6) is 1.34. The first-order valence-corrected chi connectivity index (χ1v) is 9.36. The van der Waals surface area contributed by atoms with Crippen molar-refractivity contribution in [2.45, 2.75) is 18.4 Å². The molecule has 1 aromatic carbocycles. The molecule has 0 saturated carbocycles. The summed E-state index contributed by atoms with van der Waals surface area (Å²) < 4.78 is 19.8. The highest BCUT2D eigenvalue weighted by Crippen LogP contribution is 2.19. The Labute approximate surface area is 163 Å². The topological polar surface area (TPSA) is 98.2 Å². The number of rotatable bonds is 6. The first-order chi connectivity index (χ1) is 13.6. The van der Waals surface area contributed by atoms with E-state index in [0.717, 1.165) is 10.5 Å². The second-order valence-corrected chi connectivity index (χ2v) is 6.97. The summed E-state index contributed by atoms with van der Waals surface area (Å²) >= 11 is 1.33. The van der Waals surface area contributed by atoms with Gasteiger partial charge >= 0.3 is 0 Å². The lowest BCUT2D eigenvalue weighted by Crippen LogP contribution is -2.25. The fourth-order valence-electron chi connectivity index (χ4n) is 2.52. The van der Waals surface area contributed by atoms with Crippen molar-refractivity contribution in [3.63, 3.8) is 0 Å². The first-order valence-electron chi connectivity index (χ1n) is 8.38. The summed E-state index contributed by atoms with van der Waals surface area (Å²) in [4.78, 5) is 17.1. The van der Waals surface area contributed by atoms with E-state index in [1.54, 1.807) is 35.7 Å². The van der Waals surface area contributed by atoms with Crippen LogP contribution in [0.1, 0.15) is 11.6 Å². The molecule has 142 valence electrons. The highest BCUT2D eigenvalue weighted by Gasteiger charge is 2.12. The minimum atomic E-state index is -0.301. The molecule has 0 fully saturated rings. The molecule has 0 bridgehead atoms. The Morgan fingerprint density at radius 3 is 2.82 bits per heavy atom. The molecule has 4 rings (SSSR count). The van der Waals surface area contributed by atoms with Crippen LogP contribution in [-0.2, 0) is 11.3 Å². The SMILES string of the molecule is Cc1noc(-c2ccn3c(CNC(=O)CSc4ccc(F)cc4)nnc3c2)n1. The van der Waals surface area contributed by atoms with Gasteiger partial charge in [-0.15, -0.1) is 22.0 Å². The zero-order valence-electron chi connectivity index (χ0n) is 14.8. The highest BCUT2D eigenvalue weighted by molar-refractivity contribution is 8.00. The van der Waals surface area contributed by atoms with Crippen molar-refractivity contribution in [3.05, 3.63) is 60.1 Å². The van der Waals surface area contributed by atoms with Crippen LogP contribution in [0.4, 0.5) is 4.39 Å². The van der Waals surface area contributed by atoms with Crippen molar-refractivity contribution < 1.29 is 13.7 Å². The van der Waals surface area contributed by atoms with Crippen LogP contribution in [0.15, 0.2) is 52.0 Å². The van der Waals surface area contributed by atoms with Crippen molar-refractivity contribution in [1.82, 2.24) is 30.1 Å². The van der Waals surface area contributed by atoms with Gasteiger partial charge in [-0.05, 0) is 43.3 Å². The summed E-state index contributed by atoms with van der Waals surface area (Å²) in [7, 11) is 0. The van der Waals surface area contributed by atoms with E-state index in [0.29, 0.717) is 23.2 Å². The zero-order valence-corrected chi connectivity index (χ0v) is 15.6. The third-order valence-electron chi connectivity index (χ3n) is 3.88. The van der Waals surface area contributed by atoms with Crippen LogP contribution in [0.2, 0.25) is 0 Å². The van der Waals surface area contributed by atoms with Crippen LogP contribution in [0.5, 0.6) is 0 Å². The van der Waals surface area contributed by atoms with E-state index in [9.17, 15) is 9.18 Å². The predicted octanol–water partition coefficient (Wildman–Crippen LogP) is 2.64. The number of hydrogen-bond donors (Lipinski definition) is 1. The number of carbonyl (C=O) groups excluding carboxylic acids is 1. The molecule has 3 aromatic heterocycles. The second-order valence-electron chi connectivity index (χ2n) is 5.93. The van der Waals surface area contributed by atoms with Gasteiger partial charge in [-0.25, -0.2) is 4.39 Å². The van der Waals surface area contributed by atoms with Gasteiger partial charge in [-0.1, -0.05) is 5.16 Å². The Hall–Kier alpha value is -3.27. The number of benzene rings is 1. The minimum Gasteiger partial charge on any atom is -0.348 e. The molecule has 3 heterocycles. The minimum absolute atomic E-state index is 0.149. The summed E-state index contributed by atoms with van der Waals surface area (Å²) in [5, 5.41) is 14.8. The van der Waals surface area contributed by atoms with Gasteiger partial charge in [0.05, 0.1) is 12.3 Å². The summed E-state index contributed by atoms with van der Waals surface area (Å²) in [6.45, 7) is 1.99. The largest absolute Gasteiger partial charge is 0.348 e. The van der Waals surface area contributed by atoms with Gasteiger partial charge in [0.25, 0.3) is 5.89 Å². The van der Waals surface area contributed by atoms with Gasteiger partial charge in [0.1, 0.15) is 5.82 Å². The number of hydrogen-bond acceptors (Lipinski definition) is 7. The number of nitrogens with one attached hydrogen (secondary N) is 1. The summed E-state index contributed by atoms with van der Waals surface area (Å²) in [6, 6.07) is 9.62. The van der Waals surface area contributed by atoms with Crippen LogP contribution < -0.4 is 5.32 Å². The third-order valence-corrected chi connectivity index (χ3v) is 4.89. The number of thioether (sulfide) groups is 1. The maximum atomic E-state index is 12.9. The van der Waals surface area contributed by atoms with E-state index in [-0.39, 0.29) is 24.0 Å². The molecular formula is C18H15FN6O2S. The molecule has 1 amide bonds. The Balaban J connectivity index is 1.38. The predicted molar refractivity (Wildman–Crippen MR) is 100.0 cm³/mol. The highest BCUT2D eigenvalue weighted by atomic mass is 32.2. The van der Waals surface area contributed by atoms with Crippen molar-refractivity contribution in [2.75, 3.05) is 5.75 Å². The van der Waals surface area contributed by atoms with Crippen molar-refractivity contribution in [2.24, 2.45) is 0 Å². The number of fused-ring (bicyclic) bond motifs is 1. The molecule has 0 unspecified atom stereocenters. The third kappa shape index (κ3) is 4.01. The van der Waals surface area contributed by atoms with Gasteiger partial charge in [-0.3, -0.25) is 9.20 Å². The fourth-order valence-corrected chi connectivity index (χ4v) is 3.24. The Morgan fingerprint density at radius 2 is 2.07 bits per heavy atom. The lowest BCUT2D eigenvalue weighted by atomic mass is 10.2. The normalized spacial score (nSPS) is 11.1. The average molecular weight is 398 g/mol. The van der Waals surface area contributed by atoms with E-state index >= 15 is 0 Å². The van der Waals surface area contributed by atoms with E-state index in [2.05, 4.69) is 25.7 Å². The summed E-state index contributed by atoms with van der Waals surface area (Å²) in [6.07, 6.45) is 1.79. The van der Waals surface area contributed by atoms with Gasteiger partial charge < -0.3 is 9.84 Å². The Morgan fingerprint density at radius 1 is 1.25 bits per heavy atom. The van der Waals surface area contributed by atoms with Crippen molar-refractivity contribution in [3.8, 4) is 11.5 Å². The van der Waals surface area contributed by atoms with Crippen LogP contribution >= 0.6 is 11.8 Å². The maximum Gasteiger partial charge on any atom is 0.258 e. The Kier molecular flexibility index (Phi) is 5.02. The molecule has 0 radical (unpaired) electrons. The lowest BCUT2D eigenvalue weighted by Gasteiger charge is -2.05. The molecule has 0 aliphatic heterocycles. The van der Waals surface area contributed by atoms with E-state index in [4.69, 9.17) is 4.52 Å². The Bertz CT molecular complexity index is 1120. The average Bonchev–Trinajstić information content (AvgIpc) is 3.31. The molecular weight excluding hydrogens is 383 g/mol. The molecule has 0 aliphatic rings. The summed E-state index contributed by atoms with van der Waals surface area (Å²) in [5.41, 5.74) is 1.35.